The number of piperidine rings is 1. The molecule has 7 nitrogen and oxygen atoms in total. The summed E-state index contributed by atoms with van der Waals surface area (Å²) in [5.41, 5.74) is 0.547. The van der Waals surface area contributed by atoms with Gasteiger partial charge in [-0.25, -0.2) is 4.79 Å². The first-order valence-corrected chi connectivity index (χ1v) is 7.83. The molecule has 0 spiro atoms. The van der Waals surface area contributed by atoms with Gasteiger partial charge in [-0.05, 0) is 37.4 Å². The van der Waals surface area contributed by atoms with Crippen LogP contribution in [0.3, 0.4) is 0 Å². The highest BCUT2D eigenvalue weighted by atomic mass is 16.7. The van der Waals surface area contributed by atoms with Crippen molar-refractivity contribution in [2.45, 2.75) is 19.8 Å². The summed E-state index contributed by atoms with van der Waals surface area (Å²) in [5, 5.41) is 4.98. The second-order valence-corrected chi connectivity index (χ2v) is 6.05. The SMILES string of the molecule is C[C@H]1CCCN(CC(=O)NC(=O)Nc2ccc3c(c2)OCO3)C1. The zero-order chi connectivity index (χ0) is 16.2. The monoisotopic (exact) mass is 319 g/mol. The highest BCUT2D eigenvalue weighted by Gasteiger charge is 2.20. The highest BCUT2D eigenvalue weighted by Crippen LogP contribution is 2.34. The Morgan fingerprint density at radius 2 is 2.13 bits per heavy atom. The van der Waals surface area contributed by atoms with E-state index in [-0.39, 0.29) is 19.2 Å². The van der Waals surface area contributed by atoms with E-state index in [4.69, 9.17) is 9.47 Å². The Kier molecular flexibility index (Phi) is 4.66. The number of anilines is 1. The molecule has 1 fully saturated rings. The third kappa shape index (κ3) is 4.13. The van der Waals surface area contributed by atoms with Gasteiger partial charge in [0, 0.05) is 18.3 Å². The molecule has 0 aromatic heterocycles. The number of benzene rings is 1. The lowest BCUT2D eigenvalue weighted by atomic mass is 10.0. The van der Waals surface area contributed by atoms with Crippen LogP contribution in [0.25, 0.3) is 0 Å². The van der Waals surface area contributed by atoms with Crippen LogP contribution in [0, 0.1) is 5.92 Å². The molecule has 1 aromatic rings. The molecule has 7 heteroatoms. The molecule has 3 rings (SSSR count). The van der Waals surface area contributed by atoms with Crippen LogP contribution in [0.15, 0.2) is 18.2 Å². The minimum Gasteiger partial charge on any atom is -0.454 e. The van der Waals surface area contributed by atoms with Crippen LogP contribution in [0.5, 0.6) is 11.5 Å². The van der Waals surface area contributed by atoms with Crippen LogP contribution in [0.4, 0.5) is 10.5 Å². The minimum absolute atomic E-state index is 0.178. The Morgan fingerprint density at radius 3 is 2.96 bits per heavy atom. The van der Waals surface area contributed by atoms with E-state index >= 15 is 0 Å². The fourth-order valence-electron chi connectivity index (χ4n) is 2.94. The van der Waals surface area contributed by atoms with E-state index in [2.05, 4.69) is 22.5 Å². The number of fused-ring (bicyclic) bond motifs is 1. The standard InChI is InChI=1S/C16H21N3O4/c1-11-3-2-6-19(8-11)9-15(20)18-16(21)17-12-4-5-13-14(7-12)23-10-22-13/h4-5,7,11H,2-3,6,8-10H2,1H3,(H2,17,18,20,21)/t11-/m0/s1. The number of amides is 3. The Bertz CT molecular complexity index is 605. The predicted molar refractivity (Wildman–Crippen MR) is 84.6 cm³/mol. The maximum atomic E-state index is 11.9. The summed E-state index contributed by atoms with van der Waals surface area (Å²) in [5.74, 6) is 1.53. The number of rotatable bonds is 3. The van der Waals surface area contributed by atoms with Crippen molar-refractivity contribution in [2.24, 2.45) is 5.92 Å². The lowest BCUT2D eigenvalue weighted by Crippen LogP contribution is -2.44. The number of urea groups is 1. The molecule has 0 aliphatic carbocycles. The van der Waals surface area contributed by atoms with Gasteiger partial charge in [0.25, 0.3) is 0 Å². The average molecular weight is 319 g/mol. The first kappa shape index (κ1) is 15.6. The molecule has 3 amide bonds. The number of likely N-dealkylation sites (tertiary alicyclic amines) is 1. The van der Waals surface area contributed by atoms with Crippen molar-refractivity contribution in [2.75, 3.05) is 31.7 Å². The van der Waals surface area contributed by atoms with E-state index in [0.717, 1.165) is 19.5 Å². The van der Waals surface area contributed by atoms with Crippen LogP contribution in [-0.4, -0.2) is 43.3 Å². The highest BCUT2D eigenvalue weighted by molar-refractivity contribution is 6.01. The van der Waals surface area contributed by atoms with Crippen molar-refractivity contribution >= 4 is 17.6 Å². The number of nitrogens with zero attached hydrogens (tertiary/aromatic N) is 1. The largest absolute Gasteiger partial charge is 0.454 e. The Morgan fingerprint density at radius 1 is 1.30 bits per heavy atom. The minimum atomic E-state index is -0.543. The number of hydrogen-bond acceptors (Lipinski definition) is 5. The quantitative estimate of drug-likeness (QED) is 0.888. The van der Waals surface area contributed by atoms with Crippen LogP contribution in [0.1, 0.15) is 19.8 Å². The summed E-state index contributed by atoms with van der Waals surface area (Å²) in [6.07, 6.45) is 2.29. The first-order valence-electron chi connectivity index (χ1n) is 7.83. The predicted octanol–water partition coefficient (Wildman–Crippen LogP) is 1.80. The maximum absolute atomic E-state index is 11.9. The van der Waals surface area contributed by atoms with E-state index in [0.29, 0.717) is 23.1 Å². The fraction of sp³-hybridized carbons (Fsp3) is 0.500. The molecule has 1 aromatic carbocycles. The molecule has 124 valence electrons. The molecular formula is C16H21N3O4. The van der Waals surface area contributed by atoms with Gasteiger partial charge in [0.15, 0.2) is 11.5 Å². The summed E-state index contributed by atoms with van der Waals surface area (Å²) in [7, 11) is 0. The normalized spacial score (nSPS) is 20.1. The molecule has 0 saturated carbocycles. The van der Waals surface area contributed by atoms with Crippen molar-refractivity contribution in [3.05, 3.63) is 18.2 Å². The van der Waals surface area contributed by atoms with Gasteiger partial charge in [-0.3, -0.25) is 15.0 Å². The van der Waals surface area contributed by atoms with E-state index in [1.54, 1.807) is 18.2 Å². The number of nitrogens with one attached hydrogen (secondary N) is 2. The summed E-state index contributed by atoms with van der Waals surface area (Å²) in [6, 6.07) is 4.54. The lowest BCUT2D eigenvalue weighted by Gasteiger charge is -2.29. The van der Waals surface area contributed by atoms with Crippen molar-refractivity contribution in [3.8, 4) is 11.5 Å². The van der Waals surface area contributed by atoms with E-state index in [1.165, 1.54) is 6.42 Å². The second kappa shape index (κ2) is 6.87. The van der Waals surface area contributed by atoms with Gasteiger partial charge >= 0.3 is 6.03 Å². The molecule has 1 atom stereocenters. The number of ether oxygens (including phenoxy) is 2. The third-order valence-corrected chi connectivity index (χ3v) is 3.99. The van der Waals surface area contributed by atoms with E-state index in [9.17, 15) is 9.59 Å². The van der Waals surface area contributed by atoms with Crippen LogP contribution < -0.4 is 20.1 Å². The van der Waals surface area contributed by atoms with Crippen molar-refractivity contribution < 1.29 is 19.1 Å². The van der Waals surface area contributed by atoms with E-state index in [1.807, 2.05) is 0 Å². The van der Waals surface area contributed by atoms with Gasteiger partial charge in [0.1, 0.15) is 0 Å². The van der Waals surface area contributed by atoms with Gasteiger partial charge in [-0.1, -0.05) is 6.92 Å². The first-order chi connectivity index (χ1) is 11.1. The summed E-state index contributed by atoms with van der Waals surface area (Å²) in [4.78, 5) is 25.9. The van der Waals surface area contributed by atoms with Gasteiger partial charge in [0.05, 0.1) is 6.54 Å². The summed E-state index contributed by atoms with van der Waals surface area (Å²) < 4.78 is 10.5. The van der Waals surface area contributed by atoms with Gasteiger partial charge in [0.2, 0.25) is 12.7 Å². The second-order valence-electron chi connectivity index (χ2n) is 6.05. The molecule has 0 radical (unpaired) electrons. The van der Waals surface area contributed by atoms with Crippen molar-refractivity contribution in [1.82, 2.24) is 10.2 Å². The molecule has 2 N–H and O–H groups in total. The molecule has 2 aliphatic heterocycles. The smallest absolute Gasteiger partial charge is 0.325 e. The van der Waals surface area contributed by atoms with Crippen LogP contribution in [-0.2, 0) is 4.79 Å². The zero-order valence-electron chi connectivity index (χ0n) is 13.1. The summed E-state index contributed by atoms with van der Waals surface area (Å²) in [6.45, 7) is 4.41. The Hall–Kier alpha value is -2.28. The Balaban J connectivity index is 1.48. The van der Waals surface area contributed by atoms with Crippen molar-refractivity contribution in [1.29, 1.82) is 0 Å². The molecule has 0 unspecified atom stereocenters. The topological polar surface area (TPSA) is 79.9 Å². The molecular weight excluding hydrogens is 298 g/mol. The Labute approximate surface area is 134 Å². The third-order valence-electron chi connectivity index (χ3n) is 3.99. The van der Waals surface area contributed by atoms with Gasteiger partial charge < -0.3 is 14.8 Å². The zero-order valence-corrected chi connectivity index (χ0v) is 13.1. The fourth-order valence-corrected chi connectivity index (χ4v) is 2.94. The molecule has 23 heavy (non-hydrogen) atoms. The number of carbonyl (C=O) groups excluding carboxylic acids is 2. The molecule has 0 bridgehead atoms. The average Bonchev–Trinajstić information content (AvgIpc) is 2.94. The van der Waals surface area contributed by atoms with Gasteiger partial charge in [-0.2, -0.15) is 0 Å². The molecule has 1 saturated heterocycles. The summed E-state index contributed by atoms with van der Waals surface area (Å²) >= 11 is 0. The van der Waals surface area contributed by atoms with E-state index < -0.39 is 6.03 Å². The number of carbonyl (C=O) groups is 2. The maximum Gasteiger partial charge on any atom is 0.325 e. The van der Waals surface area contributed by atoms with Crippen LogP contribution in [0.2, 0.25) is 0 Å². The molecule has 2 heterocycles. The number of imide groups is 1. The van der Waals surface area contributed by atoms with Crippen molar-refractivity contribution in [3.63, 3.8) is 0 Å². The van der Waals surface area contributed by atoms with Crippen LogP contribution >= 0.6 is 0 Å². The number of hydrogen-bond donors (Lipinski definition) is 2. The van der Waals surface area contributed by atoms with Gasteiger partial charge in [-0.15, -0.1) is 0 Å². The lowest BCUT2D eigenvalue weighted by molar-refractivity contribution is -0.121. The molecule has 2 aliphatic rings.